The SMILES string of the molecule is Cc1cc(N)ccc1NC(=O)CCCCBr. The van der Waals surface area contributed by atoms with E-state index in [1.807, 2.05) is 19.1 Å². The van der Waals surface area contributed by atoms with Crippen LogP contribution in [0.3, 0.4) is 0 Å². The maximum Gasteiger partial charge on any atom is 0.224 e. The predicted molar refractivity (Wildman–Crippen MR) is 71.9 cm³/mol. The van der Waals surface area contributed by atoms with Crippen molar-refractivity contribution in [1.29, 1.82) is 0 Å². The number of halogens is 1. The normalized spacial score (nSPS) is 10.1. The highest BCUT2D eigenvalue weighted by atomic mass is 79.9. The van der Waals surface area contributed by atoms with Crippen LogP contribution in [0.5, 0.6) is 0 Å². The minimum Gasteiger partial charge on any atom is -0.399 e. The first-order valence-electron chi connectivity index (χ1n) is 5.35. The number of aryl methyl sites for hydroxylation is 1. The van der Waals surface area contributed by atoms with Crippen LogP contribution >= 0.6 is 15.9 Å². The fourth-order valence-electron chi connectivity index (χ4n) is 1.42. The van der Waals surface area contributed by atoms with Crippen LogP contribution in [0.1, 0.15) is 24.8 Å². The molecule has 0 saturated carbocycles. The molecular weight excluding hydrogens is 268 g/mol. The Morgan fingerprint density at radius 3 is 2.81 bits per heavy atom. The number of benzene rings is 1. The van der Waals surface area contributed by atoms with Crippen LogP contribution in [0.25, 0.3) is 0 Å². The van der Waals surface area contributed by atoms with Gasteiger partial charge in [0, 0.05) is 23.1 Å². The smallest absolute Gasteiger partial charge is 0.224 e. The van der Waals surface area contributed by atoms with E-state index in [1.165, 1.54) is 0 Å². The van der Waals surface area contributed by atoms with E-state index in [-0.39, 0.29) is 5.91 Å². The van der Waals surface area contributed by atoms with Crippen LogP contribution in [0.15, 0.2) is 18.2 Å². The number of unbranched alkanes of at least 4 members (excludes halogenated alkanes) is 1. The van der Waals surface area contributed by atoms with Crippen molar-refractivity contribution >= 4 is 33.2 Å². The number of nitrogens with one attached hydrogen (secondary N) is 1. The molecule has 0 radical (unpaired) electrons. The second-order valence-corrected chi connectivity index (χ2v) is 4.56. The number of rotatable bonds is 5. The number of alkyl halides is 1. The molecule has 0 bridgehead atoms. The Balaban J connectivity index is 2.49. The van der Waals surface area contributed by atoms with Gasteiger partial charge in [0.25, 0.3) is 0 Å². The number of amides is 1. The molecule has 1 aromatic rings. The summed E-state index contributed by atoms with van der Waals surface area (Å²) in [5, 5.41) is 3.83. The molecule has 0 aromatic heterocycles. The fourth-order valence-corrected chi connectivity index (χ4v) is 1.82. The van der Waals surface area contributed by atoms with Crippen LogP contribution in [0.4, 0.5) is 11.4 Å². The second-order valence-electron chi connectivity index (χ2n) is 3.77. The molecule has 1 rings (SSSR count). The molecule has 0 saturated heterocycles. The summed E-state index contributed by atoms with van der Waals surface area (Å²) in [6.07, 6.45) is 2.49. The standard InChI is InChI=1S/C12H17BrN2O/c1-9-8-10(14)5-6-11(9)15-12(16)4-2-3-7-13/h5-6,8H,2-4,7,14H2,1H3,(H,15,16). The summed E-state index contributed by atoms with van der Waals surface area (Å²) >= 11 is 3.34. The lowest BCUT2D eigenvalue weighted by Crippen LogP contribution is -2.12. The first-order valence-corrected chi connectivity index (χ1v) is 6.47. The van der Waals surface area contributed by atoms with Crippen LogP contribution in [-0.2, 0) is 4.79 Å². The molecule has 0 atom stereocenters. The number of nitrogens with two attached hydrogens (primary N) is 1. The van der Waals surface area contributed by atoms with Crippen molar-refractivity contribution in [3.05, 3.63) is 23.8 Å². The molecule has 4 heteroatoms. The monoisotopic (exact) mass is 284 g/mol. The third-order valence-electron chi connectivity index (χ3n) is 2.31. The second kappa shape index (κ2) is 6.53. The Morgan fingerprint density at radius 1 is 1.44 bits per heavy atom. The molecule has 0 unspecified atom stereocenters. The van der Waals surface area contributed by atoms with Gasteiger partial charge in [0.05, 0.1) is 0 Å². The molecular formula is C12H17BrN2O. The lowest BCUT2D eigenvalue weighted by molar-refractivity contribution is -0.116. The van der Waals surface area contributed by atoms with E-state index in [0.29, 0.717) is 6.42 Å². The molecule has 0 fully saturated rings. The molecule has 3 N–H and O–H groups in total. The summed E-state index contributed by atoms with van der Waals surface area (Å²) in [6.45, 7) is 1.93. The lowest BCUT2D eigenvalue weighted by Gasteiger charge is -2.08. The quantitative estimate of drug-likeness (QED) is 0.496. The van der Waals surface area contributed by atoms with Gasteiger partial charge in [0.1, 0.15) is 0 Å². The fraction of sp³-hybridized carbons (Fsp3) is 0.417. The summed E-state index contributed by atoms with van der Waals surface area (Å²) in [6, 6.07) is 5.49. The van der Waals surface area contributed by atoms with Crippen LogP contribution in [-0.4, -0.2) is 11.2 Å². The van der Waals surface area contributed by atoms with E-state index in [4.69, 9.17) is 5.73 Å². The average Bonchev–Trinajstić information content (AvgIpc) is 2.23. The van der Waals surface area contributed by atoms with E-state index >= 15 is 0 Å². The highest BCUT2D eigenvalue weighted by Crippen LogP contribution is 2.17. The van der Waals surface area contributed by atoms with Crippen molar-refractivity contribution in [2.75, 3.05) is 16.4 Å². The van der Waals surface area contributed by atoms with E-state index < -0.39 is 0 Å². The van der Waals surface area contributed by atoms with Crippen molar-refractivity contribution in [1.82, 2.24) is 0 Å². The Hall–Kier alpha value is -1.03. The molecule has 0 heterocycles. The first kappa shape index (κ1) is 13.0. The van der Waals surface area contributed by atoms with Gasteiger partial charge in [0.15, 0.2) is 0 Å². The van der Waals surface area contributed by atoms with Gasteiger partial charge >= 0.3 is 0 Å². The topological polar surface area (TPSA) is 55.1 Å². The lowest BCUT2D eigenvalue weighted by atomic mass is 10.1. The maximum atomic E-state index is 11.6. The van der Waals surface area contributed by atoms with Gasteiger partial charge in [-0.1, -0.05) is 15.9 Å². The van der Waals surface area contributed by atoms with Gasteiger partial charge in [-0.15, -0.1) is 0 Å². The van der Waals surface area contributed by atoms with Gasteiger partial charge in [-0.2, -0.15) is 0 Å². The summed E-state index contributed by atoms with van der Waals surface area (Å²) in [7, 11) is 0. The largest absolute Gasteiger partial charge is 0.399 e. The van der Waals surface area contributed by atoms with E-state index in [0.717, 1.165) is 35.1 Å². The van der Waals surface area contributed by atoms with Gasteiger partial charge in [0.2, 0.25) is 5.91 Å². The number of nitrogen functional groups attached to an aromatic ring is 1. The summed E-state index contributed by atoms with van der Waals surface area (Å²) < 4.78 is 0. The van der Waals surface area contributed by atoms with Crippen LogP contribution in [0, 0.1) is 6.92 Å². The third-order valence-corrected chi connectivity index (χ3v) is 2.87. The minimum atomic E-state index is 0.0637. The predicted octanol–water partition coefficient (Wildman–Crippen LogP) is 3.08. The highest BCUT2D eigenvalue weighted by Gasteiger charge is 2.04. The molecule has 1 aromatic carbocycles. The molecule has 0 aliphatic rings. The Morgan fingerprint density at radius 2 is 2.19 bits per heavy atom. The van der Waals surface area contributed by atoms with Crippen molar-refractivity contribution in [2.24, 2.45) is 0 Å². The summed E-state index contributed by atoms with van der Waals surface area (Å²) in [5.74, 6) is 0.0637. The number of hydrogen-bond donors (Lipinski definition) is 2. The van der Waals surface area contributed by atoms with Crippen molar-refractivity contribution < 1.29 is 4.79 Å². The molecule has 1 amide bonds. The zero-order valence-electron chi connectivity index (χ0n) is 9.42. The Kier molecular flexibility index (Phi) is 5.32. The van der Waals surface area contributed by atoms with Gasteiger partial charge in [-0.25, -0.2) is 0 Å². The van der Waals surface area contributed by atoms with Gasteiger partial charge in [-0.3, -0.25) is 4.79 Å². The number of anilines is 2. The Labute approximate surface area is 105 Å². The zero-order chi connectivity index (χ0) is 12.0. The number of carbonyl (C=O) groups excluding carboxylic acids is 1. The number of carbonyl (C=O) groups is 1. The van der Waals surface area contributed by atoms with Gasteiger partial charge in [-0.05, 0) is 43.5 Å². The molecule has 0 aliphatic heterocycles. The molecule has 16 heavy (non-hydrogen) atoms. The van der Waals surface area contributed by atoms with Crippen LogP contribution in [0.2, 0.25) is 0 Å². The van der Waals surface area contributed by atoms with Crippen molar-refractivity contribution in [2.45, 2.75) is 26.2 Å². The van der Waals surface area contributed by atoms with Crippen LogP contribution < -0.4 is 11.1 Å². The van der Waals surface area contributed by atoms with E-state index in [1.54, 1.807) is 6.07 Å². The van der Waals surface area contributed by atoms with Gasteiger partial charge < -0.3 is 11.1 Å². The molecule has 0 spiro atoms. The third kappa shape index (κ3) is 4.23. The average molecular weight is 285 g/mol. The van der Waals surface area contributed by atoms with E-state index in [9.17, 15) is 4.79 Å². The number of hydrogen-bond acceptors (Lipinski definition) is 2. The van der Waals surface area contributed by atoms with Crippen molar-refractivity contribution in [3.8, 4) is 0 Å². The molecule has 0 aliphatic carbocycles. The zero-order valence-corrected chi connectivity index (χ0v) is 11.0. The van der Waals surface area contributed by atoms with E-state index in [2.05, 4.69) is 21.2 Å². The highest BCUT2D eigenvalue weighted by molar-refractivity contribution is 9.09. The summed E-state index contributed by atoms with van der Waals surface area (Å²) in [4.78, 5) is 11.6. The first-order chi connectivity index (χ1) is 7.63. The molecule has 88 valence electrons. The minimum absolute atomic E-state index is 0.0637. The van der Waals surface area contributed by atoms with Crippen molar-refractivity contribution in [3.63, 3.8) is 0 Å². The Bertz CT molecular complexity index is 366. The summed E-state index contributed by atoms with van der Waals surface area (Å²) in [5.41, 5.74) is 8.20. The maximum absolute atomic E-state index is 11.6. The molecule has 3 nitrogen and oxygen atoms in total.